The molecule has 3 rings (SSSR count). The third-order valence-corrected chi connectivity index (χ3v) is 3.43. The van der Waals surface area contributed by atoms with Crippen LogP contribution >= 0.6 is 0 Å². The smallest absolute Gasteiger partial charge is 0.307 e. The fraction of sp³-hybridized carbons (Fsp3) is 0.357. The summed E-state index contributed by atoms with van der Waals surface area (Å²) >= 11 is 0. The molecule has 1 heterocycles. The van der Waals surface area contributed by atoms with E-state index in [4.69, 9.17) is 5.11 Å². The van der Waals surface area contributed by atoms with Crippen molar-refractivity contribution in [2.45, 2.75) is 31.8 Å². The predicted octanol–water partition coefficient (Wildman–Crippen LogP) is 1.26. The van der Waals surface area contributed by atoms with Gasteiger partial charge in [0.25, 0.3) is 0 Å². The zero-order chi connectivity index (χ0) is 14.1. The lowest BCUT2D eigenvalue weighted by molar-refractivity contribution is -0.136. The minimum absolute atomic E-state index is 0.00894. The van der Waals surface area contributed by atoms with Crippen LogP contribution in [0.4, 0.5) is 0 Å². The predicted molar refractivity (Wildman–Crippen MR) is 70.6 cm³/mol. The van der Waals surface area contributed by atoms with E-state index < -0.39 is 5.97 Å². The summed E-state index contributed by atoms with van der Waals surface area (Å²) < 4.78 is 1.74. The van der Waals surface area contributed by atoms with Crippen LogP contribution < -0.4 is 0 Å². The van der Waals surface area contributed by atoms with Gasteiger partial charge in [-0.15, -0.1) is 5.10 Å². The number of aromatic nitrogens is 3. The molecule has 1 aliphatic rings. The van der Waals surface area contributed by atoms with Crippen LogP contribution in [0, 0.1) is 0 Å². The third-order valence-electron chi connectivity index (χ3n) is 3.43. The molecule has 0 spiro atoms. The third kappa shape index (κ3) is 2.42. The van der Waals surface area contributed by atoms with Crippen molar-refractivity contribution >= 4 is 5.97 Å². The molecule has 6 nitrogen and oxygen atoms in total. The molecular formula is C14H15N3O3. The number of hydrogen-bond donors (Lipinski definition) is 2. The van der Waals surface area contributed by atoms with Crippen LogP contribution in [0.5, 0.6) is 0 Å². The monoisotopic (exact) mass is 273 g/mol. The number of aliphatic hydroxyl groups is 1. The standard InChI is InChI=1S/C14H15N3O3/c18-8-12-14(10-3-4-10)17(16-15-12)11-5-1-9(2-6-11)7-13(19)20/h1-2,5-6,10,18H,3-4,7-8H2,(H,19,20). The Morgan fingerprint density at radius 2 is 2.00 bits per heavy atom. The largest absolute Gasteiger partial charge is 0.481 e. The molecule has 1 fully saturated rings. The lowest BCUT2D eigenvalue weighted by Gasteiger charge is -2.07. The Morgan fingerprint density at radius 3 is 2.55 bits per heavy atom. The molecule has 6 heteroatoms. The molecule has 0 saturated heterocycles. The van der Waals surface area contributed by atoms with E-state index in [1.807, 2.05) is 12.1 Å². The molecule has 0 aliphatic heterocycles. The second-order valence-electron chi connectivity index (χ2n) is 5.00. The number of hydrogen-bond acceptors (Lipinski definition) is 4. The Morgan fingerprint density at radius 1 is 1.30 bits per heavy atom. The molecule has 2 aromatic rings. The Kier molecular flexibility index (Phi) is 3.23. The first kappa shape index (κ1) is 12.8. The van der Waals surface area contributed by atoms with Crippen LogP contribution in [-0.2, 0) is 17.8 Å². The highest BCUT2D eigenvalue weighted by Crippen LogP contribution is 2.41. The molecule has 0 unspecified atom stereocenters. The lowest BCUT2D eigenvalue weighted by atomic mass is 10.1. The van der Waals surface area contributed by atoms with E-state index >= 15 is 0 Å². The van der Waals surface area contributed by atoms with Crippen LogP contribution in [0.2, 0.25) is 0 Å². The van der Waals surface area contributed by atoms with Crippen LogP contribution in [-0.4, -0.2) is 31.2 Å². The number of benzene rings is 1. The SMILES string of the molecule is O=C(O)Cc1ccc(-n2nnc(CO)c2C2CC2)cc1. The molecule has 1 aromatic carbocycles. The van der Waals surface area contributed by atoms with Gasteiger partial charge in [-0.2, -0.15) is 0 Å². The highest BCUT2D eigenvalue weighted by molar-refractivity contribution is 5.70. The molecule has 0 radical (unpaired) electrons. The van der Waals surface area contributed by atoms with Gasteiger partial charge in [0.2, 0.25) is 0 Å². The van der Waals surface area contributed by atoms with E-state index in [9.17, 15) is 9.90 Å². The minimum Gasteiger partial charge on any atom is -0.481 e. The summed E-state index contributed by atoms with van der Waals surface area (Å²) in [6.45, 7) is -0.108. The molecule has 104 valence electrons. The van der Waals surface area contributed by atoms with Gasteiger partial charge in [-0.1, -0.05) is 17.3 Å². The quantitative estimate of drug-likeness (QED) is 0.856. The van der Waals surface area contributed by atoms with Gasteiger partial charge in [0.1, 0.15) is 5.69 Å². The normalized spacial score (nSPS) is 14.4. The molecular weight excluding hydrogens is 258 g/mol. The van der Waals surface area contributed by atoms with Gasteiger partial charge in [-0.05, 0) is 30.5 Å². The first-order valence-corrected chi connectivity index (χ1v) is 6.55. The topological polar surface area (TPSA) is 88.2 Å². The van der Waals surface area contributed by atoms with Crippen molar-refractivity contribution in [3.8, 4) is 5.69 Å². The van der Waals surface area contributed by atoms with E-state index in [2.05, 4.69) is 10.3 Å². The van der Waals surface area contributed by atoms with Crippen molar-refractivity contribution < 1.29 is 15.0 Å². The van der Waals surface area contributed by atoms with Crippen molar-refractivity contribution in [1.82, 2.24) is 15.0 Å². The maximum Gasteiger partial charge on any atom is 0.307 e. The Balaban J connectivity index is 1.92. The van der Waals surface area contributed by atoms with Crippen LogP contribution in [0.1, 0.15) is 35.7 Å². The Hall–Kier alpha value is -2.21. The van der Waals surface area contributed by atoms with Crippen LogP contribution in [0.25, 0.3) is 5.69 Å². The maximum absolute atomic E-state index is 10.7. The fourth-order valence-electron chi connectivity index (χ4n) is 2.32. The van der Waals surface area contributed by atoms with Gasteiger partial charge in [-0.3, -0.25) is 4.79 Å². The summed E-state index contributed by atoms with van der Waals surface area (Å²) in [6, 6.07) is 7.22. The molecule has 0 amide bonds. The molecule has 2 N–H and O–H groups in total. The number of rotatable bonds is 5. The average molecular weight is 273 g/mol. The Bertz CT molecular complexity index is 630. The number of carboxylic acid groups (broad SMARTS) is 1. The van der Waals surface area contributed by atoms with Crippen molar-refractivity contribution in [2.24, 2.45) is 0 Å². The maximum atomic E-state index is 10.7. The summed E-state index contributed by atoms with van der Waals surface area (Å²) in [7, 11) is 0. The lowest BCUT2D eigenvalue weighted by Crippen LogP contribution is -2.04. The van der Waals surface area contributed by atoms with Crippen molar-refractivity contribution in [3.05, 3.63) is 41.2 Å². The number of aliphatic hydroxyl groups excluding tert-OH is 1. The highest BCUT2D eigenvalue weighted by atomic mass is 16.4. The van der Waals surface area contributed by atoms with Gasteiger partial charge in [-0.25, -0.2) is 4.68 Å². The van der Waals surface area contributed by atoms with E-state index in [0.29, 0.717) is 11.6 Å². The summed E-state index contributed by atoms with van der Waals surface area (Å²) in [5.41, 5.74) is 3.19. The van der Waals surface area contributed by atoms with Crippen molar-refractivity contribution in [2.75, 3.05) is 0 Å². The van der Waals surface area contributed by atoms with E-state index in [1.54, 1.807) is 16.8 Å². The van der Waals surface area contributed by atoms with Crippen molar-refractivity contribution in [1.29, 1.82) is 0 Å². The second kappa shape index (κ2) is 5.05. The number of aliphatic carboxylic acids is 1. The Labute approximate surface area is 115 Å². The minimum atomic E-state index is -0.847. The zero-order valence-corrected chi connectivity index (χ0v) is 10.9. The van der Waals surface area contributed by atoms with Gasteiger partial charge in [0, 0.05) is 5.92 Å². The van der Waals surface area contributed by atoms with Gasteiger partial charge in [0.15, 0.2) is 0 Å². The summed E-state index contributed by atoms with van der Waals surface area (Å²) in [6.07, 6.45) is 2.20. The fourth-order valence-corrected chi connectivity index (χ4v) is 2.32. The average Bonchev–Trinajstić information content (AvgIpc) is 3.18. The second-order valence-corrected chi connectivity index (χ2v) is 5.00. The summed E-state index contributed by atoms with van der Waals surface area (Å²) in [4.78, 5) is 10.7. The molecule has 1 saturated carbocycles. The van der Waals surface area contributed by atoms with Gasteiger partial charge < -0.3 is 10.2 Å². The van der Waals surface area contributed by atoms with Gasteiger partial charge >= 0.3 is 5.97 Å². The molecule has 0 atom stereocenters. The first-order valence-electron chi connectivity index (χ1n) is 6.55. The number of carboxylic acids is 1. The van der Waals surface area contributed by atoms with E-state index in [0.717, 1.165) is 29.8 Å². The molecule has 1 aromatic heterocycles. The number of nitrogens with zero attached hydrogens (tertiary/aromatic N) is 3. The molecule has 0 bridgehead atoms. The zero-order valence-electron chi connectivity index (χ0n) is 10.9. The summed E-state index contributed by atoms with van der Waals surface area (Å²) in [5, 5.41) is 26.2. The van der Waals surface area contributed by atoms with E-state index in [1.165, 1.54) is 0 Å². The van der Waals surface area contributed by atoms with Crippen LogP contribution in [0.15, 0.2) is 24.3 Å². The highest BCUT2D eigenvalue weighted by Gasteiger charge is 2.31. The van der Waals surface area contributed by atoms with E-state index in [-0.39, 0.29) is 13.0 Å². The number of carbonyl (C=O) groups is 1. The van der Waals surface area contributed by atoms with Crippen molar-refractivity contribution in [3.63, 3.8) is 0 Å². The summed E-state index contributed by atoms with van der Waals surface area (Å²) in [5.74, 6) is -0.425. The first-order chi connectivity index (χ1) is 9.69. The molecule has 1 aliphatic carbocycles. The molecule has 20 heavy (non-hydrogen) atoms. The van der Waals surface area contributed by atoms with Crippen LogP contribution in [0.3, 0.4) is 0 Å². The van der Waals surface area contributed by atoms with Gasteiger partial charge in [0.05, 0.1) is 24.4 Å².